The van der Waals surface area contributed by atoms with Crippen LogP contribution in [0.3, 0.4) is 0 Å². The second kappa shape index (κ2) is 5.97. The molecule has 1 aromatic carbocycles. The van der Waals surface area contributed by atoms with Crippen LogP contribution in [0.2, 0.25) is 0 Å². The number of nitrogens with one attached hydrogen (secondary N) is 1. The molecule has 8 heteroatoms. The van der Waals surface area contributed by atoms with Crippen LogP contribution in [0, 0.1) is 0 Å². The minimum absolute atomic E-state index is 0.0414. The summed E-state index contributed by atoms with van der Waals surface area (Å²) in [5.74, 6) is 0.983. The van der Waals surface area contributed by atoms with Gasteiger partial charge in [-0.3, -0.25) is 14.8 Å². The molecule has 1 N–H and O–H groups in total. The third-order valence-corrected chi connectivity index (χ3v) is 3.77. The first-order chi connectivity index (χ1) is 12.1. The molecule has 4 rings (SSSR count). The number of aromatic nitrogens is 5. The third-order valence-electron chi connectivity index (χ3n) is 3.77. The Morgan fingerprint density at radius 3 is 2.72 bits per heavy atom. The predicted molar refractivity (Wildman–Crippen MR) is 87.3 cm³/mol. The van der Waals surface area contributed by atoms with E-state index in [0.29, 0.717) is 22.9 Å². The number of hydrogen-bond acceptors (Lipinski definition) is 4. The summed E-state index contributed by atoms with van der Waals surface area (Å²) < 4.78 is 31.6. The van der Waals surface area contributed by atoms with E-state index in [1.165, 1.54) is 6.07 Å². The minimum atomic E-state index is -2.91. The van der Waals surface area contributed by atoms with Gasteiger partial charge in [-0.15, -0.1) is 0 Å². The number of ether oxygens (including phenoxy) is 1. The number of aromatic amines is 1. The first-order valence-electron chi connectivity index (χ1n) is 7.50. The number of H-pyrrole nitrogens is 1. The van der Waals surface area contributed by atoms with E-state index < -0.39 is 6.61 Å². The van der Waals surface area contributed by atoms with E-state index in [9.17, 15) is 8.78 Å². The van der Waals surface area contributed by atoms with Gasteiger partial charge in [0.15, 0.2) is 11.6 Å². The zero-order valence-electron chi connectivity index (χ0n) is 13.1. The fourth-order valence-electron chi connectivity index (χ4n) is 2.69. The molecule has 6 nitrogen and oxygen atoms in total. The summed E-state index contributed by atoms with van der Waals surface area (Å²) in [6.07, 6.45) is 3.40. The van der Waals surface area contributed by atoms with E-state index in [2.05, 4.69) is 24.8 Å². The summed E-state index contributed by atoms with van der Waals surface area (Å²) >= 11 is 0. The van der Waals surface area contributed by atoms with E-state index in [1.54, 1.807) is 35.3 Å². The summed E-state index contributed by atoms with van der Waals surface area (Å²) in [6, 6.07) is 10.2. The van der Waals surface area contributed by atoms with Crippen molar-refractivity contribution in [1.82, 2.24) is 24.7 Å². The molecule has 2 aliphatic heterocycles. The number of pyridine rings is 1. The van der Waals surface area contributed by atoms with Crippen LogP contribution in [-0.4, -0.2) is 31.3 Å². The van der Waals surface area contributed by atoms with Crippen LogP contribution in [0.5, 0.6) is 5.75 Å². The van der Waals surface area contributed by atoms with Gasteiger partial charge in [-0.1, -0.05) is 12.1 Å². The number of alkyl halides is 2. The number of aryl methyl sites for hydroxylation is 1. The van der Waals surface area contributed by atoms with Crippen LogP contribution in [0.1, 0.15) is 0 Å². The molecular formula is C17H13F2N5O. The molecule has 0 spiro atoms. The number of halogens is 2. The zero-order chi connectivity index (χ0) is 17.4. The molecule has 126 valence electrons. The number of benzene rings is 1. The topological polar surface area (TPSA) is 68.6 Å². The van der Waals surface area contributed by atoms with Gasteiger partial charge in [0.25, 0.3) is 0 Å². The van der Waals surface area contributed by atoms with E-state index in [1.807, 2.05) is 19.2 Å². The normalized spacial score (nSPS) is 11.4. The largest absolute Gasteiger partial charge is 0.434 e. The molecular weight excluding hydrogens is 328 g/mol. The van der Waals surface area contributed by atoms with Crippen LogP contribution < -0.4 is 4.74 Å². The third kappa shape index (κ3) is 2.71. The quantitative estimate of drug-likeness (QED) is 0.616. The highest BCUT2D eigenvalue weighted by atomic mass is 19.3. The molecule has 0 saturated carbocycles. The predicted octanol–water partition coefficient (Wildman–Crippen LogP) is 3.58. The molecule has 3 heterocycles. The monoisotopic (exact) mass is 341 g/mol. The smallest absolute Gasteiger partial charge is 0.387 e. The lowest BCUT2D eigenvalue weighted by molar-refractivity contribution is -0.0494. The summed E-state index contributed by atoms with van der Waals surface area (Å²) in [7, 11) is 1.81. The van der Waals surface area contributed by atoms with Crippen molar-refractivity contribution in [2.45, 2.75) is 6.61 Å². The van der Waals surface area contributed by atoms with E-state index in [-0.39, 0.29) is 5.75 Å². The molecule has 0 aliphatic carbocycles. The van der Waals surface area contributed by atoms with Crippen LogP contribution in [0.4, 0.5) is 8.78 Å². The Morgan fingerprint density at radius 2 is 1.96 bits per heavy atom. The molecule has 0 bridgehead atoms. The van der Waals surface area contributed by atoms with Gasteiger partial charge in [0.2, 0.25) is 0 Å². The van der Waals surface area contributed by atoms with E-state index in [0.717, 1.165) is 11.3 Å². The van der Waals surface area contributed by atoms with Crippen molar-refractivity contribution in [3.63, 3.8) is 0 Å². The first-order valence-corrected chi connectivity index (χ1v) is 7.50. The number of rotatable bonds is 4. The Kier molecular flexibility index (Phi) is 3.64. The Bertz CT molecular complexity index is 980. The van der Waals surface area contributed by atoms with Crippen molar-refractivity contribution < 1.29 is 13.5 Å². The maximum atomic E-state index is 12.6. The van der Waals surface area contributed by atoms with Gasteiger partial charge in [-0.05, 0) is 24.3 Å². The van der Waals surface area contributed by atoms with Gasteiger partial charge in [0, 0.05) is 25.0 Å². The summed E-state index contributed by atoms with van der Waals surface area (Å²) in [6.45, 7) is -2.91. The van der Waals surface area contributed by atoms with E-state index in [4.69, 9.17) is 0 Å². The van der Waals surface area contributed by atoms with Crippen LogP contribution in [0.15, 0.2) is 48.8 Å². The molecule has 0 radical (unpaired) electrons. The van der Waals surface area contributed by atoms with Gasteiger partial charge in [-0.2, -0.15) is 8.78 Å². The summed E-state index contributed by atoms with van der Waals surface area (Å²) in [4.78, 5) is 13.1. The Morgan fingerprint density at radius 1 is 1.12 bits per heavy atom. The second-order valence-electron chi connectivity index (χ2n) is 5.38. The van der Waals surface area contributed by atoms with Gasteiger partial charge in [-0.25, -0.2) is 9.97 Å². The van der Waals surface area contributed by atoms with Gasteiger partial charge in [0.05, 0.1) is 11.3 Å². The molecule has 0 unspecified atom stereocenters. The van der Waals surface area contributed by atoms with Crippen molar-refractivity contribution in [3.8, 4) is 39.9 Å². The molecule has 0 amide bonds. The highest BCUT2D eigenvalue weighted by Crippen LogP contribution is 2.36. The lowest BCUT2D eigenvalue weighted by Crippen LogP contribution is -2.03. The highest BCUT2D eigenvalue weighted by molar-refractivity contribution is 5.79. The SMILES string of the molecule is Cn1[nH]c(-c2cccnc2)c2nc(-c3ccccc3OC(F)F)nc1-2. The Balaban J connectivity index is 1.85. The Labute approximate surface area is 141 Å². The number of para-hydroxylation sites is 1. The van der Waals surface area contributed by atoms with Crippen LogP contribution in [0.25, 0.3) is 34.2 Å². The van der Waals surface area contributed by atoms with Gasteiger partial charge >= 0.3 is 6.61 Å². The summed E-state index contributed by atoms with van der Waals surface area (Å²) in [5.41, 5.74) is 2.67. The first kappa shape index (κ1) is 15.3. The van der Waals surface area contributed by atoms with E-state index >= 15 is 0 Å². The lowest BCUT2D eigenvalue weighted by atomic mass is 10.2. The second-order valence-corrected chi connectivity index (χ2v) is 5.38. The van der Waals surface area contributed by atoms with Crippen molar-refractivity contribution in [1.29, 1.82) is 0 Å². The maximum Gasteiger partial charge on any atom is 0.387 e. The van der Waals surface area contributed by atoms with Crippen LogP contribution >= 0.6 is 0 Å². The van der Waals surface area contributed by atoms with Gasteiger partial charge in [0.1, 0.15) is 11.4 Å². The number of hydrogen-bond donors (Lipinski definition) is 1. The van der Waals surface area contributed by atoms with Crippen molar-refractivity contribution in [2.75, 3.05) is 0 Å². The fourth-order valence-corrected chi connectivity index (χ4v) is 2.69. The van der Waals surface area contributed by atoms with Crippen molar-refractivity contribution in [2.24, 2.45) is 7.05 Å². The molecule has 1 aromatic heterocycles. The molecule has 25 heavy (non-hydrogen) atoms. The number of nitrogens with zero attached hydrogens (tertiary/aromatic N) is 4. The lowest BCUT2D eigenvalue weighted by Gasteiger charge is -2.07. The zero-order valence-corrected chi connectivity index (χ0v) is 13.1. The number of fused-ring (bicyclic) bond motifs is 1. The average molecular weight is 341 g/mol. The standard InChI is InChI=1S/C17H13F2N5O/c1-24-16-14(13(23-24)10-5-4-8-20-9-10)21-15(22-16)11-6-2-3-7-12(11)25-17(18)19/h2-9,17,23H,1H3. The maximum absolute atomic E-state index is 12.6. The molecule has 2 aromatic rings. The molecule has 0 atom stereocenters. The molecule has 0 fully saturated rings. The van der Waals surface area contributed by atoms with Crippen LogP contribution in [-0.2, 0) is 7.05 Å². The Hall–Kier alpha value is -3.29. The van der Waals surface area contributed by atoms with Gasteiger partial charge < -0.3 is 4.74 Å². The van der Waals surface area contributed by atoms with Crippen molar-refractivity contribution >= 4 is 0 Å². The fraction of sp³-hybridized carbons (Fsp3) is 0.118. The minimum Gasteiger partial charge on any atom is -0.434 e. The average Bonchev–Trinajstić information content (AvgIpc) is 3.16. The molecule has 2 aliphatic rings. The highest BCUT2D eigenvalue weighted by Gasteiger charge is 2.24. The number of imidazole rings is 1. The summed E-state index contributed by atoms with van der Waals surface area (Å²) in [5, 5.41) is 3.17. The van der Waals surface area contributed by atoms with Crippen molar-refractivity contribution in [3.05, 3.63) is 48.8 Å². The molecule has 0 saturated heterocycles.